The van der Waals surface area contributed by atoms with Crippen molar-refractivity contribution in [3.05, 3.63) is 90.8 Å². The van der Waals surface area contributed by atoms with E-state index in [0.29, 0.717) is 31.9 Å². The Balaban J connectivity index is 1.30. The molecule has 2 aromatic carbocycles. The molecule has 0 saturated carbocycles. The van der Waals surface area contributed by atoms with Crippen molar-refractivity contribution < 1.29 is 9.53 Å². The molecule has 1 saturated heterocycles. The van der Waals surface area contributed by atoms with Gasteiger partial charge < -0.3 is 15.4 Å². The minimum atomic E-state index is -0.584. The number of nitrogens with zero attached hydrogens (tertiary/aromatic N) is 4. The molecular weight excluding hydrogens is 428 g/mol. The Bertz CT molecular complexity index is 1260. The summed E-state index contributed by atoms with van der Waals surface area (Å²) in [5.74, 6) is 2.25. The van der Waals surface area contributed by atoms with Crippen molar-refractivity contribution in [2.75, 3.05) is 23.8 Å². The number of carbonyl (C=O) groups excluding carboxylic acids is 1. The van der Waals surface area contributed by atoms with Crippen molar-refractivity contribution in [3.63, 3.8) is 0 Å². The summed E-state index contributed by atoms with van der Waals surface area (Å²) in [7, 11) is 0. The van der Waals surface area contributed by atoms with Gasteiger partial charge in [0, 0.05) is 43.0 Å². The molecule has 8 nitrogen and oxygen atoms in total. The standard InChI is InChI=1S/C26H26N6O2/c1-19-27-13-14-32(19)24-17-23(28-18-29-24)30-21-7-9-22(10-8-21)31-25(33)26(11-15-34-16-12-26)20-5-3-2-4-6-20/h2-10,13-14,17-18H,11-12,15-16H2,1H3,(H,31,33)(H,28,29,30). The molecule has 3 heterocycles. The molecule has 2 aromatic heterocycles. The normalized spacial score (nSPS) is 15.0. The molecule has 0 atom stereocenters. The van der Waals surface area contributed by atoms with E-state index in [4.69, 9.17) is 4.74 Å². The number of aryl methyl sites for hydroxylation is 1. The Hall–Kier alpha value is -4.04. The molecule has 0 radical (unpaired) electrons. The topological polar surface area (TPSA) is 94.0 Å². The summed E-state index contributed by atoms with van der Waals surface area (Å²) in [6, 6.07) is 19.5. The number of benzene rings is 2. The summed E-state index contributed by atoms with van der Waals surface area (Å²) < 4.78 is 7.45. The number of amides is 1. The van der Waals surface area contributed by atoms with E-state index in [1.807, 2.05) is 78.4 Å². The van der Waals surface area contributed by atoms with E-state index in [2.05, 4.69) is 25.6 Å². The molecule has 0 bridgehead atoms. The van der Waals surface area contributed by atoms with Gasteiger partial charge in [-0.15, -0.1) is 0 Å². The molecule has 0 spiro atoms. The third-order valence-electron chi connectivity index (χ3n) is 6.25. The monoisotopic (exact) mass is 454 g/mol. The van der Waals surface area contributed by atoms with Crippen molar-refractivity contribution in [2.24, 2.45) is 0 Å². The molecule has 1 aliphatic rings. The summed E-state index contributed by atoms with van der Waals surface area (Å²) in [6.07, 6.45) is 6.44. The van der Waals surface area contributed by atoms with Crippen LogP contribution in [0.2, 0.25) is 0 Å². The Labute approximate surface area is 198 Å². The predicted octanol–water partition coefficient (Wildman–Crippen LogP) is 4.40. The Morgan fingerprint density at radius 3 is 2.41 bits per heavy atom. The fraction of sp³-hybridized carbons (Fsp3) is 0.231. The number of hydrogen-bond donors (Lipinski definition) is 2. The molecule has 0 unspecified atom stereocenters. The van der Waals surface area contributed by atoms with Crippen LogP contribution >= 0.6 is 0 Å². The van der Waals surface area contributed by atoms with Gasteiger partial charge in [0.1, 0.15) is 23.8 Å². The van der Waals surface area contributed by atoms with Crippen molar-refractivity contribution in [3.8, 4) is 5.82 Å². The van der Waals surface area contributed by atoms with E-state index < -0.39 is 5.41 Å². The van der Waals surface area contributed by atoms with Crippen LogP contribution in [0.25, 0.3) is 5.82 Å². The summed E-state index contributed by atoms with van der Waals surface area (Å²) in [5.41, 5.74) is 2.05. The van der Waals surface area contributed by atoms with Gasteiger partial charge in [0.2, 0.25) is 5.91 Å². The first-order valence-corrected chi connectivity index (χ1v) is 11.3. The molecule has 34 heavy (non-hydrogen) atoms. The summed E-state index contributed by atoms with van der Waals surface area (Å²) in [4.78, 5) is 26.3. The minimum absolute atomic E-state index is 0.00106. The maximum atomic E-state index is 13.4. The molecule has 1 aliphatic heterocycles. The summed E-state index contributed by atoms with van der Waals surface area (Å²) >= 11 is 0. The van der Waals surface area contributed by atoms with Gasteiger partial charge in [0.15, 0.2) is 0 Å². The zero-order valence-corrected chi connectivity index (χ0v) is 18.9. The van der Waals surface area contributed by atoms with E-state index >= 15 is 0 Å². The maximum absolute atomic E-state index is 13.4. The van der Waals surface area contributed by atoms with Crippen LogP contribution in [0.1, 0.15) is 24.2 Å². The van der Waals surface area contributed by atoms with E-state index in [9.17, 15) is 4.79 Å². The fourth-order valence-corrected chi connectivity index (χ4v) is 4.33. The molecule has 4 aromatic rings. The maximum Gasteiger partial charge on any atom is 0.235 e. The highest BCUT2D eigenvalue weighted by Gasteiger charge is 2.41. The lowest BCUT2D eigenvalue weighted by Crippen LogP contribution is -2.44. The quantitative estimate of drug-likeness (QED) is 0.448. The number of aromatic nitrogens is 4. The van der Waals surface area contributed by atoms with Gasteiger partial charge in [0.25, 0.3) is 0 Å². The molecule has 1 fully saturated rings. The first-order valence-electron chi connectivity index (χ1n) is 11.3. The number of hydrogen-bond acceptors (Lipinski definition) is 6. The second-order valence-electron chi connectivity index (χ2n) is 8.32. The summed E-state index contributed by atoms with van der Waals surface area (Å²) in [5, 5.41) is 6.41. The van der Waals surface area contributed by atoms with Crippen molar-refractivity contribution in [2.45, 2.75) is 25.2 Å². The average Bonchev–Trinajstić information content (AvgIpc) is 3.32. The van der Waals surface area contributed by atoms with E-state index in [1.54, 1.807) is 6.20 Å². The number of imidazole rings is 1. The molecule has 5 rings (SSSR count). The average molecular weight is 455 g/mol. The van der Waals surface area contributed by atoms with Crippen LogP contribution in [0, 0.1) is 6.92 Å². The number of rotatable bonds is 6. The van der Waals surface area contributed by atoms with Gasteiger partial charge in [-0.05, 0) is 49.6 Å². The molecule has 172 valence electrons. The van der Waals surface area contributed by atoms with Crippen LogP contribution < -0.4 is 10.6 Å². The van der Waals surface area contributed by atoms with Gasteiger partial charge in [-0.3, -0.25) is 9.36 Å². The van der Waals surface area contributed by atoms with Gasteiger partial charge in [-0.1, -0.05) is 30.3 Å². The van der Waals surface area contributed by atoms with Crippen LogP contribution in [-0.4, -0.2) is 38.6 Å². The fourth-order valence-electron chi connectivity index (χ4n) is 4.33. The van der Waals surface area contributed by atoms with Crippen LogP contribution in [0.4, 0.5) is 17.2 Å². The minimum Gasteiger partial charge on any atom is -0.381 e. The van der Waals surface area contributed by atoms with Gasteiger partial charge in [-0.2, -0.15) is 0 Å². The van der Waals surface area contributed by atoms with E-state index in [1.165, 1.54) is 6.33 Å². The SMILES string of the molecule is Cc1nccn1-c1cc(Nc2ccc(NC(=O)C3(c4ccccc4)CCOCC3)cc2)ncn1. The zero-order chi connectivity index (χ0) is 23.4. The highest BCUT2D eigenvalue weighted by atomic mass is 16.5. The largest absolute Gasteiger partial charge is 0.381 e. The first kappa shape index (κ1) is 21.8. The molecule has 2 N–H and O–H groups in total. The number of nitrogens with one attached hydrogen (secondary N) is 2. The van der Waals surface area contributed by atoms with Crippen LogP contribution in [0.5, 0.6) is 0 Å². The number of anilines is 3. The van der Waals surface area contributed by atoms with Gasteiger partial charge >= 0.3 is 0 Å². The zero-order valence-electron chi connectivity index (χ0n) is 18.9. The molecule has 0 aliphatic carbocycles. The lowest BCUT2D eigenvalue weighted by Gasteiger charge is -2.36. The van der Waals surface area contributed by atoms with Crippen molar-refractivity contribution in [1.82, 2.24) is 19.5 Å². The third kappa shape index (κ3) is 4.40. The highest BCUT2D eigenvalue weighted by molar-refractivity contribution is 5.99. The molecule has 1 amide bonds. The smallest absolute Gasteiger partial charge is 0.235 e. The summed E-state index contributed by atoms with van der Waals surface area (Å²) in [6.45, 7) is 3.07. The lowest BCUT2D eigenvalue weighted by atomic mass is 9.73. The van der Waals surface area contributed by atoms with Crippen LogP contribution in [0.15, 0.2) is 79.4 Å². The van der Waals surface area contributed by atoms with Crippen molar-refractivity contribution >= 4 is 23.1 Å². The molecular formula is C26H26N6O2. The van der Waals surface area contributed by atoms with Crippen molar-refractivity contribution in [1.29, 1.82) is 0 Å². The highest BCUT2D eigenvalue weighted by Crippen LogP contribution is 2.36. The Morgan fingerprint density at radius 1 is 0.971 bits per heavy atom. The van der Waals surface area contributed by atoms with Gasteiger partial charge in [0.05, 0.1) is 5.41 Å². The Morgan fingerprint density at radius 2 is 1.71 bits per heavy atom. The number of ether oxygens (including phenoxy) is 1. The second-order valence-corrected chi connectivity index (χ2v) is 8.32. The van der Waals surface area contributed by atoms with Crippen LogP contribution in [-0.2, 0) is 14.9 Å². The molecule has 8 heteroatoms. The number of carbonyl (C=O) groups is 1. The first-order chi connectivity index (χ1) is 16.6. The van der Waals surface area contributed by atoms with Gasteiger partial charge in [-0.25, -0.2) is 15.0 Å². The van der Waals surface area contributed by atoms with E-state index in [0.717, 1.165) is 28.6 Å². The van der Waals surface area contributed by atoms with E-state index in [-0.39, 0.29) is 5.91 Å². The second kappa shape index (κ2) is 9.44. The van der Waals surface area contributed by atoms with Crippen LogP contribution in [0.3, 0.4) is 0 Å². The third-order valence-corrected chi connectivity index (χ3v) is 6.25. The predicted molar refractivity (Wildman–Crippen MR) is 130 cm³/mol. The Kier molecular flexibility index (Phi) is 6.05. The lowest BCUT2D eigenvalue weighted by molar-refractivity contribution is -0.125.